The van der Waals surface area contributed by atoms with Crippen molar-refractivity contribution in [3.8, 4) is 6.07 Å². The molecule has 1 unspecified atom stereocenters. The van der Waals surface area contributed by atoms with E-state index in [1.54, 1.807) is 18.2 Å². The van der Waals surface area contributed by atoms with Gasteiger partial charge in [0.25, 0.3) is 0 Å². The molecule has 4 heteroatoms. The maximum atomic E-state index is 10.3. The molecule has 0 aromatic heterocycles. The lowest BCUT2D eigenvalue weighted by atomic mass is 10.0. The number of rotatable bonds is 2. The Hall–Kier alpha value is -1.63. The standard InChI is InChI=1S/C8H8N2O2/c9-5-4-7-2-1-3-8(6-7)10(11)12/h1-2,6,8H,3-4H2. The smallest absolute Gasteiger partial charge is 0.235 e. The van der Waals surface area contributed by atoms with Gasteiger partial charge in [-0.15, -0.1) is 0 Å². The SMILES string of the molecule is N#CCC1=CC([N+](=O)[O-])CC=C1. The second kappa shape index (κ2) is 3.67. The minimum Gasteiger partial charge on any atom is -0.264 e. The fraction of sp³-hybridized carbons (Fsp3) is 0.375. The van der Waals surface area contributed by atoms with Crippen molar-refractivity contribution in [1.82, 2.24) is 0 Å². The average molecular weight is 164 g/mol. The molecule has 4 nitrogen and oxygen atoms in total. The Kier molecular flexibility index (Phi) is 2.59. The Labute approximate surface area is 70.0 Å². The fourth-order valence-electron chi connectivity index (χ4n) is 1.09. The van der Waals surface area contributed by atoms with E-state index >= 15 is 0 Å². The molecule has 0 aromatic carbocycles. The zero-order valence-electron chi connectivity index (χ0n) is 6.43. The van der Waals surface area contributed by atoms with Crippen molar-refractivity contribution in [2.24, 2.45) is 0 Å². The molecule has 0 amide bonds. The molecule has 0 N–H and O–H groups in total. The summed E-state index contributed by atoms with van der Waals surface area (Å²) >= 11 is 0. The maximum Gasteiger partial charge on any atom is 0.235 e. The van der Waals surface area contributed by atoms with E-state index < -0.39 is 6.04 Å². The first-order chi connectivity index (χ1) is 5.74. The summed E-state index contributed by atoms with van der Waals surface area (Å²) in [4.78, 5) is 10.0. The monoisotopic (exact) mass is 164 g/mol. The zero-order chi connectivity index (χ0) is 8.97. The molecule has 62 valence electrons. The highest BCUT2D eigenvalue weighted by molar-refractivity contribution is 5.27. The highest BCUT2D eigenvalue weighted by Gasteiger charge is 2.18. The van der Waals surface area contributed by atoms with Gasteiger partial charge in [-0.05, 0) is 11.6 Å². The number of allylic oxidation sites excluding steroid dienone is 2. The summed E-state index contributed by atoms with van der Waals surface area (Å²) in [6.45, 7) is 0. The quantitative estimate of drug-likeness (QED) is 0.458. The highest BCUT2D eigenvalue weighted by atomic mass is 16.6. The summed E-state index contributed by atoms with van der Waals surface area (Å²) in [5, 5.41) is 18.7. The van der Waals surface area contributed by atoms with Crippen LogP contribution in [0.15, 0.2) is 23.8 Å². The van der Waals surface area contributed by atoms with E-state index in [4.69, 9.17) is 5.26 Å². The topological polar surface area (TPSA) is 66.9 Å². The van der Waals surface area contributed by atoms with E-state index in [0.717, 1.165) is 5.57 Å². The largest absolute Gasteiger partial charge is 0.264 e. The van der Waals surface area contributed by atoms with E-state index in [1.165, 1.54) is 0 Å². The van der Waals surface area contributed by atoms with Crippen LogP contribution in [0, 0.1) is 21.4 Å². The van der Waals surface area contributed by atoms with E-state index in [1.807, 2.05) is 6.07 Å². The summed E-state index contributed by atoms with van der Waals surface area (Å²) in [5.41, 5.74) is 0.741. The van der Waals surface area contributed by atoms with Gasteiger partial charge in [0.15, 0.2) is 0 Å². The lowest BCUT2D eigenvalue weighted by Crippen LogP contribution is -2.17. The predicted octanol–water partition coefficient (Wildman–Crippen LogP) is 1.43. The summed E-state index contributed by atoms with van der Waals surface area (Å²) in [6, 6.07) is 1.31. The first kappa shape index (κ1) is 8.47. The number of nitrogens with zero attached hydrogens (tertiary/aromatic N) is 2. The van der Waals surface area contributed by atoms with Gasteiger partial charge in [-0.2, -0.15) is 5.26 Å². The third kappa shape index (κ3) is 1.92. The highest BCUT2D eigenvalue weighted by Crippen LogP contribution is 2.14. The summed E-state index contributed by atoms with van der Waals surface area (Å²) in [7, 11) is 0. The Bertz CT molecular complexity index is 286. The molecule has 0 radical (unpaired) electrons. The van der Waals surface area contributed by atoms with E-state index in [2.05, 4.69) is 0 Å². The lowest BCUT2D eigenvalue weighted by Gasteiger charge is -2.07. The molecule has 0 saturated carbocycles. The summed E-state index contributed by atoms with van der Waals surface area (Å²) in [5.74, 6) is 0. The number of nitro groups is 1. The third-order valence-electron chi connectivity index (χ3n) is 1.67. The lowest BCUT2D eigenvalue weighted by molar-refractivity contribution is -0.508. The Balaban J connectivity index is 2.70. The summed E-state index contributed by atoms with van der Waals surface area (Å²) < 4.78 is 0. The van der Waals surface area contributed by atoms with Crippen molar-refractivity contribution in [2.75, 3.05) is 0 Å². The molecule has 0 bridgehead atoms. The predicted molar refractivity (Wildman–Crippen MR) is 42.9 cm³/mol. The van der Waals surface area contributed by atoms with Gasteiger partial charge in [0, 0.05) is 11.3 Å². The third-order valence-corrected chi connectivity index (χ3v) is 1.67. The van der Waals surface area contributed by atoms with Crippen molar-refractivity contribution in [3.63, 3.8) is 0 Å². The Morgan fingerprint density at radius 3 is 3.17 bits per heavy atom. The molecule has 1 atom stereocenters. The summed E-state index contributed by atoms with van der Waals surface area (Å²) in [6.07, 6.45) is 5.73. The van der Waals surface area contributed by atoms with Gasteiger partial charge < -0.3 is 0 Å². The first-order valence-electron chi connectivity index (χ1n) is 3.61. The average Bonchev–Trinajstić information content (AvgIpc) is 2.05. The van der Waals surface area contributed by atoms with E-state index in [9.17, 15) is 10.1 Å². The second-order valence-corrected chi connectivity index (χ2v) is 2.57. The van der Waals surface area contributed by atoms with Gasteiger partial charge in [0.05, 0.1) is 12.5 Å². The van der Waals surface area contributed by atoms with Crippen LogP contribution in [-0.2, 0) is 0 Å². The fourth-order valence-corrected chi connectivity index (χ4v) is 1.09. The van der Waals surface area contributed by atoms with Crippen LogP contribution in [0.4, 0.5) is 0 Å². The van der Waals surface area contributed by atoms with Crippen LogP contribution in [-0.4, -0.2) is 11.0 Å². The minimum atomic E-state index is -0.640. The molecule has 0 aromatic rings. The van der Waals surface area contributed by atoms with Crippen LogP contribution >= 0.6 is 0 Å². The second-order valence-electron chi connectivity index (χ2n) is 2.57. The minimum absolute atomic E-state index is 0.251. The Morgan fingerprint density at radius 2 is 2.58 bits per heavy atom. The van der Waals surface area contributed by atoms with Gasteiger partial charge in [-0.25, -0.2) is 0 Å². The molecule has 12 heavy (non-hydrogen) atoms. The van der Waals surface area contributed by atoms with Crippen molar-refractivity contribution >= 4 is 0 Å². The molecular formula is C8H8N2O2. The molecule has 0 aliphatic heterocycles. The normalized spacial score (nSPS) is 21.2. The number of hydrogen-bond acceptors (Lipinski definition) is 3. The van der Waals surface area contributed by atoms with Gasteiger partial charge in [0.1, 0.15) is 0 Å². The molecule has 1 aliphatic carbocycles. The zero-order valence-corrected chi connectivity index (χ0v) is 6.43. The number of nitriles is 1. The maximum absolute atomic E-state index is 10.3. The molecule has 0 spiro atoms. The molecule has 0 heterocycles. The van der Waals surface area contributed by atoms with E-state index in [0.29, 0.717) is 6.42 Å². The molecule has 1 rings (SSSR count). The number of hydrogen-bond donors (Lipinski definition) is 0. The first-order valence-corrected chi connectivity index (χ1v) is 3.61. The van der Waals surface area contributed by atoms with Gasteiger partial charge in [-0.1, -0.05) is 12.2 Å². The molecular weight excluding hydrogens is 156 g/mol. The van der Waals surface area contributed by atoms with Crippen LogP contribution in [0.3, 0.4) is 0 Å². The van der Waals surface area contributed by atoms with E-state index in [-0.39, 0.29) is 11.3 Å². The van der Waals surface area contributed by atoms with Crippen LogP contribution < -0.4 is 0 Å². The molecule has 1 aliphatic rings. The van der Waals surface area contributed by atoms with Crippen LogP contribution in [0.2, 0.25) is 0 Å². The van der Waals surface area contributed by atoms with Crippen molar-refractivity contribution in [3.05, 3.63) is 33.9 Å². The van der Waals surface area contributed by atoms with Gasteiger partial charge in [-0.3, -0.25) is 10.1 Å². The Morgan fingerprint density at radius 1 is 1.83 bits per heavy atom. The molecule has 0 saturated heterocycles. The van der Waals surface area contributed by atoms with Gasteiger partial charge in [0.2, 0.25) is 6.04 Å². The van der Waals surface area contributed by atoms with Gasteiger partial charge >= 0.3 is 0 Å². The van der Waals surface area contributed by atoms with Crippen LogP contribution in [0.5, 0.6) is 0 Å². The van der Waals surface area contributed by atoms with Crippen molar-refractivity contribution in [1.29, 1.82) is 5.26 Å². The van der Waals surface area contributed by atoms with Crippen LogP contribution in [0.1, 0.15) is 12.8 Å². The van der Waals surface area contributed by atoms with Crippen molar-refractivity contribution in [2.45, 2.75) is 18.9 Å². The van der Waals surface area contributed by atoms with Crippen molar-refractivity contribution < 1.29 is 4.92 Å². The van der Waals surface area contributed by atoms with Crippen LogP contribution in [0.25, 0.3) is 0 Å². The molecule has 0 fully saturated rings.